The van der Waals surface area contributed by atoms with E-state index < -0.39 is 12.0 Å². The molecule has 122 valence electrons. The summed E-state index contributed by atoms with van der Waals surface area (Å²) in [5.41, 5.74) is 0.561. The monoisotopic (exact) mass is 311 g/mol. The number of ether oxygens (including phenoxy) is 3. The Morgan fingerprint density at radius 2 is 1.68 bits per heavy atom. The average molecular weight is 311 g/mol. The number of benzene rings is 1. The number of amides is 1. The van der Waals surface area contributed by atoms with Crippen LogP contribution in [0.5, 0.6) is 17.2 Å². The molecule has 0 bridgehead atoms. The molecule has 1 rings (SSSR count). The molecule has 7 nitrogen and oxygen atoms in total. The highest BCUT2D eigenvalue weighted by molar-refractivity contribution is 5.83. The molecule has 22 heavy (non-hydrogen) atoms. The first-order chi connectivity index (χ1) is 10.3. The second-order valence-electron chi connectivity index (χ2n) is 4.70. The van der Waals surface area contributed by atoms with Crippen molar-refractivity contribution >= 4 is 11.9 Å². The van der Waals surface area contributed by atoms with Gasteiger partial charge < -0.3 is 24.2 Å². The van der Waals surface area contributed by atoms with Crippen molar-refractivity contribution in [3.05, 3.63) is 17.7 Å². The minimum absolute atomic E-state index is 0.0213. The van der Waals surface area contributed by atoms with Crippen LogP contribution >= 0.6 is 0 Å². The van der Waals surface area contributed by atoms with Gasteiger partial charge in [0.15, 0.2) is 0 Å². The van der Waals surface area contributed by atoms with Crippen LogP contribution in [-0.2, 0) is 20.7 Å². The summed E-state index contributed by atoms with van der Waals surface area (Å²) in [5.74, 6) is -0.112. The summed E-state index contributed by atoms with van der Waals surface area (Å²) in [4.78, 5) is 24.8. The molecule has 0 fully saturated rings. The lowest BCUT2D eigenvalue weighted by atomic mass is 10.0. The molecule has 0 unspecified atom stereocenters. The van der Waals surface area contributed by atoms with Crippen molar-refractivity contribution in [2.75, 3.05) is 28.4 Å². The van der Waals surface area contributed by atoms with Gasteiger partial charge in [0.05, 0.1) is 21.3 Å². The Morgan fingerprint density at radius 3 is 2.05 bits per heavy atom. The SMILES string of the molecule is COC(=O)[C@H](Cc1c(OC)cc(O)cc1OC)N(C)C(C)=O. The van der Waals surface area contributed by atoms with Crippen LogP contribution in [0.15, 0.2) is 12.1 Å². The number of aromatic hydroxyl groups is 1. The molecule has 0 radical (unpaired) electrons. The summed E-state index contributed by atoms with van der Waals surface area (Å²) < 4.78 is 15.2. The number of carbonyl (C=O) groups excluding carboxylic acids is 2. The van der Waals surface area contributed by atoms with E-state index in [2.05, 4.69) is 0 Å². The fourth-order valence-electron chi connectivity index (χ4n) is 2.10. The molecule has 1 atom stereocenters. The van der Waals surface area contributed by atoms with E-state index in [-0.39, 0.29) is 18.1 Å². The van der Waals surface area contributed by atoms with Gasteiger partial charge in [-0.25, -0.2) is 4.79 Å². The summed E-state index contributed by atoms with van der Waals surface area (Å²) in [6.45, 7) is 1.36. The number of rotatable bonds is 6. The van der Waals surface area contributed by atoms with E-state index in [9.17, 15) is 14.7 Å². The molecule has 7 heteroatoms. The maximum atomic E-state index is 12.0. The average Bonchev–Trinajstić information content (AvgIpc) is 2.51. The molecule has 1 N–H and O–H groups in total. The van der Waals surface area contributed by atoms with Crippen molar-refractivity contribution in [2.45, 2.75) is 19.4 Å². The van der Waals surface area contributed by atoms with Gasteiger partial charge >= 0.3 is 5.97 Å². The van der Waals surface area contributed by atoms with Gasteiger partial charge in [-0.05, 0) is 0 Å². The number of hydrogen-bond donors (Lipinski definition) is 1. The normalized spacial score (nSPS) is 11.5. The van der Waals surface area contributed by atoms with Crippen molar-refractivity contribution in [1.29, 1.82) is 0 Å². The molecule has 1 aromatic carbocycles. The van der Waals surface area contributed by atoms with Gasteiger partial charge in [0.25, 0.3) is 0 Å². The van der Waals surface area contributed by atoms with Gasteiger partial charge in [-0.15, -0.1) is 0 Å². The van der Waals surface area contributed by atoms with Crippen LogP contribution in [-0.4, -0.2) is 56.3 Å². The Labute approximate surface area is 129 Å². The van der Waals surface area contributed by atoms with Crippen molar-refractivity contribution in [3.8, 4) is 17.2 Å². The number of esters is 1. The molecule has 0 aliphatic rings. The van der Waals surface area contributed by atoms with Gasteiger partial charge in [-0.3, -0.25) is 4.79 Å². The lowest BCUT2D eigenvalue weighted by molar-refractivity contribution is -0.151. The Kier molecular flexibility index (Phi) is 6.03. The molecule has 0 heterocycles. The number of phenols is 1. The van der Waals surface area contributed by atoms with Crippen molar-refractivity contribution in [3.63, 3.8) is 0 Å². The molecule has 0 spiro atoms. The van der Waals surface area contributed by atoms with Crippen LogP contribution in [0, 0.1) is 0 Å². The van der Waals surface area contributed by atoms with Crippen LogP contribution in [0.3, 0.4) is 0 Å². The lowest BCUT2D eigenvalue weighted by Crippen LogP contribution is -2.43. The predicted molar refractivity (Wildman–Crippen MR) is 79.2 cm³/mol. The summed E-state index contributed by atoms with van der Waals surface area (Å²) in [6.07, 6.45) is 0.134. The molecular formula is C15H21NO6. The molecule has 0 saturated heterocycles. The van der Waals surface area contributed by atoms with E-state index in [0.29, 0.717) is 17.1 Å². The number of hydrogen-bond acceptors (Lipinski definition) is 6. The summed E-state index contributed by atoms with van der Waals surface area (Å²) in [5, 5.41) is 9.65. The second-order valence-corrected chi connectivity index (χ2v) is 4.70. The minimum atomic E-state index is -0.824. The minimum Gasteiger partial charge on any atom is -0.508 e. The maximum Gasteiger partial charge on any atom is 0.328 e. The van der Waals surface area contributed by atoms with Crippen LogP contribution in [0.25, 0.3) is 0 Å². The third-order valence-corrected chi connectivity index (χ3v) is 3.43. The topological polar surface area (TPSA) is 85.3 Å². The molecule has 0 saturated carbocycles. The Hall–Kier alpha value is -2.44. The van der Waals surface area contributed by atoms with Crippen LogP contribution in [0.4, 0.5) is 0 Å². The van der Waals surface area contributed by atoms with E-state index in [1.165, 1.54) is 52.3 Å². The Bertz CT molecular complexity index is 532. The van der Waals surface area contributed by atoms with E-state index in [1.54, 1.807) is 0 Å². The molecular weight excluding hydrogens is 290 g/mol. The quantitative estimate of drug-likeness (QED) is 0.788. The zero-order valence-corrected chi connectivity index (χ0v) is 13.4. The smallest absolute Gasteiger partial charge is 0.328 e. The highest BCUT2D eigenvalue weighted by Gasteiger charge is 2.29. The summed E-state index contributed by atoms with van der Waals surface area (Å²) in [6, 6.07) is 2.01. The van der Waals surface area contributed by atoms with Crippen LogP contribution < -0.4 is 9.47 Å². The number of nitrogens with zero attached hydrogens (tertiary/aromatic N) is 1. The fraction of sp³-hybridized carbons (Fsp3) is 0.467. The predicted octanol–water partition coefficient (Wildman–Crippen LogP) is 0.972. The van der Waals surface area contributed by atoms with Crippen molar-refractivity contribution in [2.24, 2.45) is 0 Å². The van der Waals surface area contributed by atoms with Gasteiger partial charge in [-0.2, -0.15) is 0 Å². The van der Waals surface area contributed by atoms with Crippen LogP contribution in [0.2, 0.25) is 0 Å². The standard InChI is InChI=1S/C15H21NO6/c1-9(17)16(2)12(15(19)22-5)8-11-13(20-3)6-10(18)7-14(11)21-4/h6-7,12,18H,8H2,1-5H3/t12-/m0/s1. The first kappa shape index (κ1) is 17.6. The van der Waals surface area contributed by atoms with E-state index in [4.69, 9.17) is 14.2 Å². The van der Waals surface area contributed by atoms with Crippen LogP contribution in [0.1, 0.15) is 12.5 Å². The fourth-order valence-corrected chi connectivity index (χ4v) is 2.10. The van der Waals surface area contributed by atoms with Crippen molar-refractivity contribution < 1.29 is 28.9 Å². The molecule has 0 aliphatic carbocycles. The number of phenolic OH excluding ortho intramolecular Hbond substituents is 1. The van der Waals surface area contributed by atoms with E-state index in [1.807, 2.05) is 0 Å². The zero-order chi connectivity index (χ0) is 16.9. The number of carbonyl (C=O) groups is 2. The van der Waals surface area contributed by atoms with Crippen molar-refractivity contribution in [1.82, 2.24) is 4.90 Å². The highest BCUT2D eigenvalue weighted by Crippen LogP contribution is 2.35. The molecule has 0 aliphatic heterocycles. The van der Waals surface area contributed by atoms with E-state index >= 15 is 0 Å². The third-order valence-electron chi connectivity index (χ3n) is 3.43. The second kappa shape index (κ2) is 7.53. The Morgan fingerprint density at radius 1 is 1.18 bits per heavy atom. The van der Waals surface area contributed by atoms with Gasteiger partial charge in [0, 0.05) is 38.1 Å². The number of likely N-dealkylation sites (N-methyl/N-ethyl adjacent to an activating group) is 1. The molecule has 1 amide bonds. The van der Waals surface area contributed by atoms with Gasteiger partial charge in [0.1, 0.15) is 23.3 Å². The summed E-state index contributed by atoms with van der Waals surface area (Å²) >= 11 is 0. The maximum absolute atomic E-state index is 12.0. The third kappa shape index (κ3) is 3.81. The molecule has 0 aromatic heterocycles. The first-order valence-corrected chi connectivity index (χ1v) is 6.60. The first-order valence-electron chi connectivity index (χ1n) is 6.60. The number of methoxy groups -OCH3 is 3. The summed E-state index contributed by atoms with van der Waals surface area (Å²) in [7, 11) is 5.66. The Balaban J connectivity index is 3.28. The largest absolute Gasteiger partial charge is 0.508 e. The van der Waals surface area contributed by atoms with E-state index in [0.717, 1.165) is 0 Å². The molecule has 1 aromatic rings. The lowest BCUT2D eigenvalue weighted by Gasteiger charge is -2.26. The zero-order valence-electron chi connectivity index (χ0n) is 13.4. The van der Waals surface area contributed by atoms with Gasteiger partial charge in [-0.1, -0.05) is 0 Å². The highest BCUT2D eigenvalue weighted by atomic mass is 16.5. The van der Waals surface area contributed by atoms with Gasteiger partial charge in [0.2, 0.25) is 5.91 Å².